The minimum absolute atomic E-state index is 0.0743. The van der Waals surface area contributed by atoms with Crippen LogP contribution < -0.4 is 0 Å². The third-order valence-corrected chi connectivity index (χ3v) is 13.9. The summed E-state index contributed by atoms with van der Waals surface area (Å²) in [6.45, 7) is 0. The van der Waals surface area contributed by atoms with E-state index >= 15 is 0 Å². The summed E-state index contributed by atoms with van der Waals surface area (Å²) in [5.41, 5.74) is 0.675. The molecule has 0 spiro atoms. The molecule has 6 rings (SSSR count). The van der Waals surface area contributed by atoms with E-state index in [1.807, 2.05) is 0 Å². The molecule has 0 saturated carbocycles. The van der Waals surface area contributed by atoms with E-state index in [1.165, 1.54) is 72.8 Å². The van der Waals surface area contributed by atoms with Gasteiger partial charge in [0.2, 0.25) is 29.5 Å². The molecule has 0 bridgehead atoms. The van der Waals surface area contributed by atoms with E-state index in [1.54, 1.807) is 91.0 Å². The number of sulfone groups is 3. The fraction of sp³-hybridized carbons (Fsp3) is 0.0750. The van der Waals surface area contributed by atoms with Crippen molar-refractivity contribution in [1.82, 2.24) is 0 Å². The fourth-order valence-electron chi connectivity index (χ4n) is 5.84. The normalized spacial score (nSPS) is 12.2. The Morgan fingerprint density at radius 2 is 0.640 bits per heavy atom. The van der Waals surface area contributed by atoms with Crippen LogP contribution >= 0.6 is 0 Å². The van der Waals surface area contributed by atoms with Crippen molar-refractivity contribution in [3.63, 3.8) is 0 Å². The first-order valence-electron chi connectivity index (χ1n) is 15.6. The zero-order valence-corrected chi connectivity index (χ0v) is 29.1. The van der Waals surface area contributed by atoms with Crippen LogP contribution in [-0.4, -0.2) is 25.3 Å². The minimum Gasteiger partial charge on any atom is -0.219 e. The Hall–Kier alpha value is -5.34. The van der Waals surface area contributed by atoms with Crippen LogP contribution in [0.1, 0.15) is 16.7 Å². The SMILES string of the molecule is N#CC(Cc1ccc(S(=O)(=O)c2ccccc2)cc1)(Cc1ccc(S(=O)(=O)c2ccccc2)cc1)c1ccc(S(=O)(=O)c2ccccc2)cc1. The van der Waals surface area contributed by atoms with E-state index < -0.39 is 34.9 Å². The average molecular weight is 718 g/mol. The van der Waals surface area contributed by atoms with Crippen molar-refractivity contribution >= 4 is 29.5 Å². The van der Waals surface area contributed by atoms with Crippen LogP contribution in [0.3, 0.4) is 0 Å². The largest absolute Gasteiger partial charge is 0.219 e. The lowest BCUT2D eigenvalue weighted by Crippen LogP contribution is -2.30. The number of nitriles is 1. The molecule has 10 heteroatoms. The molecular formula is C40H31NO6S3. The van der Waals surface area contributed by atoms with Gasteiger partial charge in [-0.3, -0.25) is 0 Å². The molecular weight excluding hydrogens is 687 g/mol. The first-order valence-corrected chi connectivity index (χ1v) is 20.0. The second-order valence-corrected chi connectivity index (χ2v) is 17.7. The third kappa shape index (κ3) is 6.89. The molecule has 6 aromatic rings. The predicted molar refractivity (Wildman–Crippen MR) is 190 cm³/mol. The van der Waals surface area contributed by atoms with Gasteiger partial charge in [-0.25, -0.2) is 25.3 Å². The monoisotopic (exact) mass is 717 g/mol. The van der Waals surface area contributed by atoms with Crippen LogP contribution in [-0.2, 0) is 47.8 Å². The lowest BCUT2D eigenvalue weighted by molar-refractivity contribution is 0.540. The Morgan fingerprint density at radius 3 is 0.920 bits per heavy atom. The number of benzene rings is 6. The van der Waals surface area contributed by atoms with Crippen molar-refractivity contribution in [2.24, 2.45) is 0 Å². The van der Waals surface area contributed by atoms with Gasteiger partial charge in [-0.2, -0.15) is 5.26 Å². The molecule has 7 nitrogen and oxygen atoms in total. The van der Waals surface area contributed by atoms with E-state index in [9.17, 15) is 30.5 Å². The summed E-state index contributed by atoms with van der Waals surface area (Å²) >= 11 is 0. The Kier molecular flexibility index (Phi) is 9.58. The third-order valence-electron chi connectivity index (χ3n) is 8.57. The molecule has 0 heterocycles. The van der Waals surface area contributed by atoms with Gasteiger partial charge in [0, 0.05) is 0 Å². The van der Waals surface area contributed by atoms with Crippen LogP contribution in [0.15, 0.2) is 193 Å². The van der Waals surface area contributed by atoms with E-state index in [0.717, 1.165) is 0 Å². The standard InChI is InChI=1S/C40H31NO6S3/c41-30-40(33-20-26-39(27-21-33)50(46,47)36-14-8-3-9-15-36,28-31-16-22-37(23-17-31)48(42,43)34-10-4-1-5-11-34)29-32-18-24-38(25-19-32)49(44,45)35-12-6-2-7-13-35/h1-27H,28-29H2. The van der Waals surface area contributed by atoms with Crippen molar-refractivity contribution in [2.45, 2.75) is 47.6 Å². The van der Waals surface area contributed by atoms with Crippen molar-refractivity contribution in [2.75, 3.05) is 0 Å². The highest BCUT2D eigenvalue weighted by atomic mass is 32.2. The molecule has 0 aliphatic rings. The van der Waals surface area contributed by atoms with Gasteiger partial charge in [0.1, 0.15) is 0 Å². The van der Waals surface area contributed by atoms with E-state index in [4.69, 9.17) is 0 Å². The van der Waals surface area contributed by atoms with E-state index in [0.29, 0.717) is 16.7 Å². The van der Waals surface area contributed by atoms with Gasteiger partial charge in [0.25, 0.3) is 0 Å². The highest BCUT2D eigenvalue weighted by Gasteiger charge is 2.34. The number of rotatable bonds is 11. The molecule has 6 aromatic carbocycles. The van der Waals surface area contributed by atoms with E-state index in [2.05, 4.69) is 6.07 Å². The number of nitrogens with zero attached hydrogens (tertiary/aromatic N) is 1. The van der Waals surface area contributed by atoms with E-state index in [-0.39, 0.29) is 42.2 Å². The quantitative estimate of drug-likeness (QED) is 0.136. The molecule has 50 heavy (non-hydrogen) atoms. The first-order chi connectivity index (χ1) is 24.0. The highest BCUT2D eigenvalue weighted by Crippen LogP contribution is 2.35. The first kappa shape index (κ1) is 34.5. The smallest absolute Gasteiger partial charge is 0.206 e. The molecule has 0 radical (unpaired) electrons. The maximum absolute atomic E-state index is 13.3. The average Bonchev–Trinajstić information content (AvgIpc) is 3.16. The Bertz CT molecular complexity index is 2360. The summed E-state index contributed by atoms with van der Waals surface area (Å²) in [6.07, 6.45) is 0.314. The molecule has 0 amide bonds. The molecule has 0 N–H and O–H groups in total. The molecule has 0 aliphatic carbocycles. The van der Waals surface area contributed by atoms with Gasteiger partial charge >= 0.3 is 0 Å². The molecule has 0 atom stereocenters. The van der Waals surface area contributed by atoms with Crippen molar-refractivity contribution in [3.05, 3.63) is 180 Å². The van der Waals surface area contributed by atoms with Crippen LogP contribution in [0.25, 0.3) is 0 Å². The van der Waals surface area contributed by atoms with Crippen LogP contribution in [0.4, 0.5) is 0 Å². The number of hydrogen-bond donors (Lipinski definition) is 0. The summed E-state index contributed by atoms with van der Waals surface area (Å²) in [6, 6.07) is 45.7. The van der Waals surface area contributed by atoms with Crippen molar-refractivity contribution < 1.29 is 25.3 Å². The van der Waals surface area contributed by atoms with Gasteiger partial charge in [0.15, 0.2) is 0 Å². The summed E-state index contributed by atoms with van der Waals surface area (Å²) in [4.78, 5) is 0.784. The second kappa shape index (κ2) is 13.9. The molecule has 250 valence electrons. The summed E-state index contributed by atoms with van der Waals surface area (Å²) in [5, 5.41) is 10.9. The molecule has 0 aromatic heterocycles. The number of hydrogen-bond acceptors (Lipinski definition) is 7. The van der Waals surface area contributed by atoms with Crippen molar-refractivity contribution in [1.29, 1.82) is 5.26 Å². The van der Waals surface area contributed by atoms with Gasteiger partial charge in [0.05, 0.1) is 40.9 Å². The predicted octanol–water partition coefficient (Wildman–Crippen LogP) is 7.43. The minimum atomic E-state index is -3.81. The van der Waals surface area contributed by atoms with Crippen molar-refractivity contribution in [3.8, 4) is 6.07 Å². The second-order valence-electron chi connectivity index (χ2n) is 11.8. The zero-order chi connectivity index (χ0) is 35.4. The van der Waals surface area contributed by atoms with Gasteiger partial charge in [-0.1, -0.05) is 91.0 Å². The van der Waals surface area contributed by atoms with Gasteiger partial charge < -0.3 is 0 Å². The summed E-state index contributed by atoms with van der Waals surface area (Å²) < 4.78 is 79.5. The Morgan fingerprint density at radius 1 is 0.380 bits per heavy atom. The van der Waals surface area contributed by atoms with Crippen LogP contribution in [0.2, 0.25) is 0 Å². The lowest BCUT2D eigenvalue weighted by atomic mass is 9.72. The van der Waals surface area contributed by atoms with Gasteiger partial charge in [-0.05, 0) is 102 Å². The van der Waals surface area contributed by atoms with Gasteiger partial charge in [-0.15, -0.1) is 0 Å². The van der Waals surface area contributed by atoms with Crippen LogP contribution in [0, 0.1) is 11.3 Å². The molecule has 0 unspecified atom stereocenters. The summed E-state index contributed by atoms with van der Waals surface area (Å²) in [5.74, 6) is 0. The van der Waals surface area contributed by atoms with Crippen LogP contribution in [0.5, 0.6) is 0 Å². The Balaban J connectivity index is 1.37. The Labute approximate surface area is 292 Å². The molecule has 0 aliphatic heterocycles. The topological polar surface area (TPSA) is 126 Å². The molecule has 0 saturated heterocycles. The lowest BCUT2D eigenvalue weighted by Gasteiger charge is -2.28. The fourth-order valence-corrected chi connectivity index (χ4v) is 9.69. The molecule has 0 fully saturated rings. The summed E-state index contributed by atoms with van der Waals surface area (Å²) in [7, 11) is -11.3. The maximum Gasteiger partial charge on any atom is 0.206 e. The zero-order valence-electron chi connectivity index (χ0n) is 26.6. The highest BCUT2D eigenvalue weighted by molar-refractivity contribution is 7.92. The maximum atomic E-state index is 13.3.